The van der Waals surface area contributed by atoms with E-state index in [2.05, 4.69) is 0 Å². The summed E-state index contributed by atoms with van der Waals surface area (Å²) in [7, 11) is -3.96. The van der Waals surface area contributed by atoms with Crippen molar-refractivity contribution in [3.63, 3.8) is 0 Å². The van der Waals surface area contributed by atoms with Crippen molar-refractivity contribution in [1.82, 2.24) is 5.06 Å². The lowest BCUT2D eigenvalue weighted by Crippen LogP contribution is -2.45. The molecule has 1 rings (SSSR count). The normalized spacial score (nSPS) is 17.7. The van der Waals surface area contributed by atoms with E-state index in [4.69, 9.17) is 13.9 Å². The van der Waals surface area contributed by atoms with Gasteiger partial charge in [0.25, 0.3) is 5.91 Å². The summed E-state index contributed by atoms with van der Waals surface area (Å²) in [5, 5.41) is 0.827. The minimum absolute atomic E-state index is 0.0336. The summed E-state index contributed by atoms with van der Waals surface area (Å²) in [6, 6.07) is 0. The van der Waals surface area contributed by atoms with Crippen LogP contribution in [-0.2, 0) is 37.6 Å². The average molecular weight is 526 g/mol. The zero-order valence-corrected chi connectivity index (χ0v) is 23.0. The molecule has 1 unspecified atom stereocenters. The highest BCUT2D eigenvalue weighted by Gasteiger charge is 2.46. The van der Waals surface area contributed by atoms with Gasteiger partial charge < -0.3 is 13.9 Å². The quantitative estimate of drug-likeness (QED) is 0.302. The molecule has 0 aromatic heterocycles. The van der Waals surface area contributed by atoms with Crippen LogP contribution in [0.5, 0.6) is 0 Å². The van der Waals surface area contributed by atoms with E-state index in [1.54, 1.807) is 41.5 Å². The number of hydrogen-bond donors (Lipinski definition) is 0. The minimum atomic E-state index is -3.96. The monoisotopic (exact) mass is 525 g/mol. The van der Waals surface area contributed by atoms with E-state index in [-0.39, 0.29) is 47.9 Å². The highest BCUT2D eigenvalue weighted by Crippen LogP contribution is 2.56. The molecular weight excluding hydrogens is 489 g/mol. The number of amides is 1. The van der Waals surface area contributed by atoms with Gasteiger partial charge in [0.1, 0.15) is 5.66 Å². The Balaban J connectivity index is 2.85. The molecule has 0 N–H and O–H groups in total. The lowest BCUT2D eigenvalue weighted by molar-refractivity contribution is -0.199. The standard InChI is InChI=1S/C21H36NO8PS2/c1-15(23)30-22-10-8-9-16(17(22)24)31(27,28-11-13-32-18(25)20(2,3)4)29-12-14-33-19(26)21(5,6)7/h16H,8-14H2,1-7H3. The van der Waals surface area contributed by atoms with Crippen LogP contribution in [-0.4, -0.2) is 64.1 Å². The molecule has 0 aliphatic carbocycles. The number of piperidine rings is 1. The van der Waals surface area contributed by atoms with Crippen molar-refractivity contribution in [1.29, 1.82) is 0 Å². The molecule has 0 spiro atoms. The van der Waals surface area contributed by atoms with Gasteiger partial charge in [0.15, 0.2) is 10.2 Å². The van der Waals surface area contributed by atoms with Gasteiger partial charge in [-0.05, 0) is 12.8 Å². The lowest BCUT2D eigenvalue weighted by Gasteiger charge is -2.33. The third kappa shape index (κ3) is 10.1. The first-order valence-corrected chi connectivity index (χ1v) is 14.4. The van der Waals surface area contributed by atoms with Crippen molar-refractivity contribution in [2.24, 2.45) is 10.8 Å². The van der Waals surface area contributed by atoms with Crippen LogP contribution >= 0.6 is 31.1 Å². The summed E-state index contributed by atoms with van der Waals surface area (Å²) in [4.78, 5) is 53.3. The summed E-state index contributed by atoms with van der Waals surface area (Å²) in [6.07, 6.45) is 0.699. The molecule has 33 heavy (non-hydrogen) atoms. The fourth-order valence-electron chi connectivity index (χ4n) is 2.62. The van der Waals surface area contributed by atoms with E-state index in [1.807, 2.05) is 0 Å². The van der Waals surface area contributed by atoms with Gasteiger partial charge >= 0.3 is 13.6 Å². The minimum Gasteiger partial charge on any atom is -0.338 e. The van der Waals surface area contributed by atoms with Crippen LogP contribution in [0.2, 0.25) is 0 Å². The first-order valence-electron chi connectivity index (χ1n) is 10.8. The van der Waals surface area contributed by atoms with Gasteiger partial charge in [-0.3, -0.25) is 23.7 Å². The molecule has 1 atom stereocenters. The van der Waals surface area contributed by atoms with E-state index in [1.165, 1.54) is 6.92 Å². The van der Waals surface area contributed by atoms with Crippen molar-refractivity contribution in [3.05, 3.63) is 0 Å². The summed E-state index contributed by atoms with van der Waals surface area (Å²) in [5.41, 5.74) is -2.17. The molecule has 0 bridgehead atoms. The van der Waals surface area contributed by atoms with Crippen LogP contribution in [0.25, 0.3) is 0 Å². The molecule has 1 heterocycles. The van der Waals surface area contributed by atoms with Crippen molar-refractivity contribution in [3.8, 4) is 0 Å². The van der Waals surface area contributed by atoms with Crippen LogP contribution in [0, 0.1) is 10.8 Å². The molecule has 9 nitrogen and oxygen atoms in total. The Hall–Kier alpha value is -0.870. The Morgan fingerprint density at radius 1 is 0.970 bits per heavy atom. The van der Waals surface area contributed by atoms with Crippen LogP contribution in [0.3, 0.4) is 0 Å². The summed E-state index contributed by atoms with van der Waals surface area (Å²) in [6.45, 7) is 12.1. The Morgan fingerprint density at radius 2 is 1.42 bits per heavy atom. The number of rotatable bonds is 10. The van der Waals surface area contributed by atoms with Crippen LogP contribution < -0.4 is 0 Å². The predicted octanol–water partition coefficient (Wildman–Crippen LogP) is 4.29. The maximum Gasteiger partial charge on any atom is 0.343 e. The number of thioether (sulfide) groups is 2. The molecule has 0 saturated carbocycles. The summed E-state index contributed by atoms with van der Waals surface area (Å²) < 4.78 is 24.9. The molecule has 1 fully saturated rings. The zero-order valence-electron chi connectivity index (χ0n) is 20.5. The van der Waals surface area contributed by atoms with E-state index >= 15 is 0 Å². The first kappa shape index (κ1) is 30.2. The molecule has 0 radical (unpaired) electrons. The maximum atomic E-state index is 13.7. The first-order chi connectivity index (χ1) is 15.1. The topological polar surface area (TPSA) is 116 Å². The second-order valence-corrected chi connectivity index (χ2v) is 14.0. The molecule has 190 valence electrons. The van der Waals surface area contributed by atoms with Gasteiger partial charge in [0, 0.05) is 29.3 Å². The van der Waals surface area contributed by atoms with Crippen molar-refractivity contribution >= 4 is 53.2 Å². The van der Waals surface area contributed by atoms with Gasteiger partial charge in [0.2, 0.25) is 0 Å². The smallest absolute Gasteiger partial charge is 0.338 e. The largest absolute Gasteiger partial charge is 0.343 e. The average Bonchev–Trinajstić information content (AvgIpc) is 2.68. The van der Waals surface area contributed by atoms with Gasteiger partial charge in [-0.2, -0.15) is 5.06 Å². The predicted molar refractivity (Wildman–Crippen MR) is 130 cm³/mol. The fraction of sp³-hybridized carbons (Fsp3) is 0.810. The SMILES string of the molecule is CC(=O)ON1CCCC(P(=O)(OCCSC(=O)C(C)(C)C)OCCSC(=O)C(C)(C)C)C1=O. The van der Waals surface area contributed by atoms with Crippen LogP contribution in [0.1, 0.15) is 61.3 Å². The molecule has 1 aliphatic heterocycles. The molecule has 0 aromatic rings. The van der Waals surface area contributed by atoms with Crippen molar-refractivity contribution in [2.45, 2.75) is 67.0 Å². The second-order valence-electron chi connectivity index (χ2n) is 9.66. The van der Waals surface area contributed by atoms with Crippen LogP contribution in [0.15, 0.2) is 0 Å². The second kappa shape index (κ2) is 12.7. The molecule has 0 aromatic carbocycles. The summed E-state index contributed by atoms with van der Waals surface area (Å²) >= 11 is 2.12. The Kier molecular flexibility index (Phi) is 11.6. The third-order valence-corrected chi connectivity index (χ3v) is 9.21. The molecule has 12 heteroatoms. The fourth-order valence-corrected chi connectivity index (χ4v) is 6.46. The molecule has 1 amide bonds. The number of carbonyl (C=O) groups is 4. The van der Waals surface area contributed by atoms with Crippen LogP contribution in [0.4, 0.5) is 0 Å². The van der Waals surface area contributed by atoms with Gasteiger partial charge in [-0.15, -0.1) is 0 Å². The van der Waals surface area contributed by atoms with E-state index in [9.17, 15) is 23.7 Å². The Morgan fingerprint density at radius 3 is 1.82 bits per heavy atom. The Bertz CT molecular complexity index is 737. The summed E-state index contributed by atoms with van der Waals surface area (Å²) in [5.74, 6) is -0.809. The highest BCUT2D eigenvalue weighted by atomic mass is 32.2. The molecular formula is C21H36NO8PS2. The molecule has 1 aliphatic rings. The Labute approximate surface area is 204 Å². The van der Waals surface area contributed by atoms with E-state index in [0.717, 1.165) is 28.6 Å². The van der Waals surface area contributed by atoms with Crippen molar-refractivity contribution in [2.75, 3.05) is 31.3 Å². The zero-order chi connectivity index (χ0) is 25.4. The third-order valence-electron chi connectivity index (χ3n) is 4.39. The highest BCUT2D eigenvalue weighted by molar-refractivity contribution is 8.14. The number of nitrogens with zero attached hydrogens (tertiary/aromatic N) is 1. The van der Waals surface area contributed by atoms with Crippen molar-refractivity contribution < 1.29 is 37.6 Å². The van der Waals surface area contributed by atoms with Gasteiger partial charge in [-0.1, -0.05) is 65.1 Å². The van der Waals surface area contributed by atoms with Gasteiger partial charge in [-0.25, -0.2) is 0 Å². The van der Waals surface area contributed by atoms with Gasteiger partial charge in [0.05, 0.1) is 19.8 Å². The van der Waals surface area contributed by atoms with E-state index < -0.39 is 36.0 Å². The van der Waals surface area contributed by atoms with E-state index in [0.29, 0.717) is 6.42 Å². The molecule has 1 saturated heterocycles. The lowest BCUT2D eigenvalue weighted by atomic mass is 9.99. The number of hydroxylamine groups is 2. The number of carbonyl (C=O) groups excluding carboxylic acids is 4. The number of hydrogen-bond acceptors (Lipinski definition) is 10. The maximum absolute atomic E-state index is 13.7.